The molecular weight excluding hydrogens is 202 g/mol. The summed E-state index contributed by atoms with van der Waals surface area (Å²) in [6.45, 7) is 3.55. The van der Waals surface area contributed by atoms with Crippen LogP contribution in [0.1, 0.15) is 20.3 Å². The summed E-state index contributed by atoms with van der Waals surface area (Å²) in [7, 11) is 0. The molecule has 0 amide bonds. The van der Waals surface area contributed by atoms with Crippen LogP contribution in [0.25, 0.3) is 0 Å². The SMILES string of the molecule is C[C@]12CC(Cl)(C#N)[C@](C)(C=C[C@@H]1O)O2. The second-order valence-corrected chi connectivity index (χ2v) is 5.06. The van der Waals surface area contributed by atoms with Gasteiger partial charge in [0.05, 0.1) is 11.7 Å². The highest BCUT2D eigenvalue weighted by Gasteiger charge is 2.63. The van der Waals surface area contributed by atoms with Crippen molar-refractivity contribution >= 4 is 11.6 Å². The molecule has 0 aliphatic carbocycles. The molecule has 0 aromatic rings. The topological polar surface area (TPSA) is 53.2 Å². The van der Waals surface area contributed by atoms with Gasteiger partial charge >= 0.3 is 0 Å². The van der Waals surface area contributed by atoms with Crippen LogP contribution in [-0.4, -0.2) is 27.3 Å². The molecule has 1 fully saturated rings. The fourth-order valence-electron chi connectivity index (χ4n) is 2.22. The second kappa shape index (κ2) is 2.52. The van der Waals surface area contributed by atoms with Crippen LogP contribution in [0.3, 0.4) is 0 Å². The third-order valence-corrected chi connectivity index (χ3v) is 3.82. The van der Waals surface area contributed by atoms with E-state index in [1.54, 1.807) is 26.0 Å². The first kappa shape index (κ1) is 9.97. The summed E-state index contributed by atoms with van der Waals surface area (Å²) in [5.74, 6) is 0. The van der Waals surface area contributed by atoms with Gasteiger partial charge in [0.25, 0.3) is 0 Å². The first-order valence-electron chi connectivity index (χ1n) is 4.53. The number of aliphatic hydroxyl groups excluding tert-OH is 1. The highest BCUT2D eigenvalue weighted by atomic mass is 35.5. The molecule has 3 nitrogen and oxygen atoms in total. The van der Waals surface area contributed by atoms with Crippen molar-refractivity contribution in [3.8, 4) is 6.07 Å². The Morgan fingerprint density at radius 3 is 2.79 bits per heavy atom. The maximum atomic E-state index is 9.72. The molecule has 4 heteroatoms. The Bertz CT molecular complexity index is 351. The normalized spacial score (nSPS) is 55.8. The van der Waals surface area contributed by atoms with Gasteiger partial charge < -0.3 is 9.84 Å². The molecule has 2 bridgehead atoms. The number of hydrogen-bond donors (Lipinski definition) is 1. The molecule has 2 heterocycles. The van der Waals surface area contributed by atoms with E-state index in [0.717, 1.165) is 0 Å². The van der Waals surface area contributed by atoms with E-state index in [4.69, 9.17) is 21.6 Å². The lowest BCUT2D eigenvalue weighted by Crippen LogP contribution is -2.45. The number of fused-ring (bicyclic) bond motifs is 2. The molecule has 2 aliphatic heterocycles. The third kappa shape index (κ3) is 0.993. The van der Waals surface area contributed by atoms with Gasteiger partial charge in [0, 0.05) is 6.42 Å². The van der Waals surface area contributed by atoms with Gasteiger partial charge in [-0.2, -0.15) is 5.26 Å². The van der Waals surface area contributed by atoms with E-state index < -0.39 is 22.2 Å². The number of nitriles is 1. The van der Waals surface area contributed by atoms with Gasteiger partial charge in [-0.3, -0.25) is 0 Å². The summed E-state index contributed by atoms with van der Waals surface area (Å²) in [6.07, 6.45) is 2.99. The van der Waals surface area contributed by atoms with Crippen LogP contribution >= 0.6 is 11.6 Å². The Morgan fingerprint density at radius 1 is 1.64 bits per heavy atom. The number of aliphatic hydroxyl groups is 1. The lowest BCUT2D eigenvalue weighted by atomic mass is 9.87. The Balaban J connectivity index is 2.52. The summed E-state index contributed by atoms with van der Waals surface area (Å²) < 4.78 is 5.70. The quantitative estimate of drug-likeness (QED) is 0.488. The van der Waals surface area contributed by atoms with Crippen LogP contribution in [0, 0.1) is 11.3 Å². The van der Waals surface area contributed by atoms with E-state index in [0.29, 0.717) is 6.42 Å². The number of ether oxygens (including phenoxy) is 1. The van der Waals surface area contributed by atoms with Gasteiger partial charge in [-0.25, -0.2) is 0 Å². The Kier molecular flexibility index (Phi) is 1.79. The smallest absolute Gasteiger partial charge is 0.165 e. The Labute approximate surface area is 87.9 Å². The van der Waals surface area contributed by atoms with E-state index >= 15 is 0 Å². The summed E-state index contributed by atoms with van der Waals surface area (Å²) in [5.41, 5.74) is -1.53. The van der Waals surface area contributed by atoms with E-state index in [2.05, 4.69) is 6.07 Å². The summed E-state index contributed by atoms with van der Waals surface area (Å²) >= 11 is 6.20. The molecule has 76 valence electrons. The van der Waals surface area contributed by atoms with E-state index in [9.17, 15) is 5.11 Å². The molecule has 1 unspecified atom stereocenters. The summed E-state index contributed by atoms with van der Waals surface area (Å²) in [4.78, 5) is -1.07. The van der Waals surface area contributed by atoms with Crippen LogP contribution in [0.2, 0.25) is 0 Å². The van der Waals surface area contributed by atoms with Crippen molar-refractivity contribution in [1.82, 2.24) is 0 Å². The zero-order valence-corrected chi connectivity index (χ0v) is 8.88. The van der Waals surface area contributed by atoms with Crippen molar-refractivity contribution in [2.75, 3.05) is 0 Å². The number of rotatable bonds is 0. The average Bonchev–Trinajstić information content (AvgIpc) is 2.28. The van der Waals surface area contributed by atoms with Crippen LogP contribution in [0.4, 0.5) is 0 Å². The largest absolute Gasteiger partial charge is 0.386 e. The third-order valence-electron chi connectivity index (χ3n) is 3.23. The molecule has 0 spiro atoms. The molecule has 2 rings (SSSR count). The second-order valence-electron chi connectivity index (χ2n) is 4.42. The number of hydrogen-bond acceptors (Lipinski definition) is 3. The molecule has 2 aliphatic rings. The molecule has 14 heavy (non-hydrogen) atoms. The van der Waals surface area contributed by atoms with Gasteiger partial charge in [0.2, 0.25) is 0 Å². The Hall–Kier alpha value is -0.560. The lowest BCUT2D eigenvalue weighted by Gasteiger charge is -2.36. The van der Waals surface area contributed by atoms with Crippen molar-refractivity contribution in [3.63, 3.8) is 0 Å². The average molecular weight is 214 g/mol. The minimum Gasteiger partial charge on any atom is -0.386 e. The minimum absolute atomic E-state index is 0.336. The fourth-order valence-corrected chi connectivity index (χ4v) is 2.59. The number of halogens is 1. The van der Waals surface area contributed by atoms with Gasteiger partial charge in [0.1, 0.15) is 11.7 Å². The summed E-state index contributed by atoms with van der Waals surface area (Å²) in [5, 5.41) is 18.8. The molecular formula is C10H12ClNO2. The molecule has 0 aromatic carbocycles. The molecule has 1 N–H and O–H groups in total. The van der Waals surface area contributed by atoms with Crippen molar-refractivity contribution in [1.29, 1.82) is 5.26 Å². The highest BCUT2D eigenvalue weighted by molar-refractivity contribution is 6.27. The zero-order chi connectivity index (χ0) is 10.6. The van der Waals surface area contributed by atoms with E-state index in [1.807, 2.05) is 0 Å². The van der Waals surface area contributed by atoms with Crippen molar-refractivity contribution in [2.45, 2.75) is 42.4 Å². The summed E-state index contributed by atoms with van der Waals surface area (Å²) in [6, 6.07) is 2.08. The van der Waals surface area contributed by atoms with Gasteiger partial charge in [0.15, 0.2) is 4.87 Å². The van der Waals surface area contributed by atoms with Crippen molar-refractivity contribution < 1.29 is 9.84 Å². The van der Waals surface area contributed by atoms with Crippen LogP contribution in [0.15, 0.2) is 12.2 Å². The van der Waals surface area contributed by atoms with Gasteiger partial charge in [-0.15, -0.1) is 0 Å². The predicted molar refractivity (Wildman–Crippen MR) is 51.9 cm³/mol. The standard InChI is InChI=1S/C10H12ClNO2/c1-8-5-10(11,6-12)9(2,14-8)4-3-7(8)13/h3-4,7,13H,5H2,1-2H3/t7-,8-,9-,10?/m0/s1. The van der Waals surface area contributed by atoms with Crippen LogP contribution in [0.5, 0.6) is 0 Å². The predicted octanol–water partition coefficient (Wildman–Crippen LogP) is 1.36. The van der Waals surface area contributed by atoms with Gasteiger partial charge in [-0.05, 0) is 13.8 Å². The Morgan fingerprint density at radius 2 is 2.29 bits per heavy atom. The molecule has 0 aromatic heterocycles. The maximum Gasteiger partial charge on any atom is 0.165 e. The first-order chi connectivity index (χ1) is 6.35. The van der Waals surface area contributed by atoms with Crippen LogP contribution < -0.4 is 0 Å². The zero-order valence-electron chi connectivity index (χ0n) is 8.12. The molecule has 1 saturated heterocycles. The lowest BCUT2D eigenvalue weighted by molar-refractivity contribution is -0.121. The highest BCUT2D eigenvalue weighted by Crippen LogP contribution is 2.53. The van der Waals surface area contributed by atoms with E-state index in [1.165, 1.54) is 0 Å². The molecule has 0 saturated carbocycles. The van der Waals surface area contributed by atoms with Crippen molar-refractivity contribution in [2.24, 2.45) is 0 Å². The monoisotopic (exact) mass is 213 g/mol. The number of alkyl halides is 1. The fraction of sp³-hybridized carbons (Fsp3) is 0.700. The van der Waals surface area contributed by atoms with E-state index in [-0.39, 0.29) is 0 Å². The minimum atomic E-state index is -1.07. The molecule has 4 atom stereocenters. The van der Waals surface area contributed by atoms with Crippen molar-refractivity contribution in [3.05, 3.63) is 12.2 Å². The first-order valence-corrected chi connectivity index (χ1v) is 4.91. The van der Waals surface area contributed by atoms with Gasteiger partial charge in [-0.1, -0.05) is 23.8 Å². The number of nitrogens with zero attached hydrogens (tertiary/aromatic N) is 1. The van der Waals surface area contributed by atoms with Crippen LogP contribution in [-0.2, 0) is 4.74 Å². The maximum absolute atomic E-state index is 9.72. The molecule has 0 radical (unpaired) electrons.